The Bertz CT molecular complexity index is 534. The van der Waals surface area contributed by atoms with E-state index in [-0.39, 0.29) is 5.82 Å². The molecule has 0 saturated carbocycles. The van der Waals surface area contributed by atoms with Crippen molar-refractivity contribution in [1.82, 2.24) is 14.7 Å². The number of nitrogens with zero attached hydrogens (tertiary/aromatic N) is 3. The van der Waals surface area contributed by atoms with Crippen LogP contribution in [0.3, 0.4) is 0 Å². The Morgan fingerprint density at radius 1 is 1.33 bits per heavy atom. The number of hydrogen-bond donors (Lipinski definition) is 1. The Morgan fingerprint density at radius 3 is 2.72 bits per heavy atom. The summed E-state index contributed by atoms with van der Waals surface area (Å²) in [4.78, 5) is 2.05. The summed E-state index contributed by atoms with van der Waals surface area (Å²) in [7, 11) is 3.97. The van der Waals surface area contributed by atoms with Crippen molar-refractivity contribution in [3.05, 3.63) is 36.1 Å². The Balaban J connectivity index is 2.26. The zero-order valence-electron chi connectivity index (χ0n) is 10.6. The van der Waals surface area contributed by atoms with Crippen LogP contribution in [0.5, 0.6) is 0 Å². The van der Waals surface area contributed by atoms with Gasteiger partial charge in [0.25, 0.3) is 0 Å². The average molecular weight is 248 g/mol. The van der Waals surface area contributed by atoms with Crippen LogP contribution in [-0.2, 0) is 6.54 Å². The number of halogens is 1. The molecule has 0 radical (unpaired) electrons. The van der Waals surface area contributed by atoms with Crippen LogP contribution >= 0.6 is 0 Å². The minimum Gasteiger partial charge on any atom is -0.384 e. The molecule has 1 aromatic carbocycles. The molecule has 0 bridgehead atoms. The number of nitrogens with two attached hydrogens (primary N) is 1. The smallest absolute Gasteiger partial charge is 0.132 e. The Labute approximate surface area is 106 Å². The van der Waals surface area contributed by atoms with E-state index in [0.717, 1.165) is 6.54 Å². The molecule has 2 N–H and O–H groups in total. The number of anilines is 1. The molecule has 18 heavy (non-hydrogen) atoms. The number of nitrogen functional groups attached to an aromatic ring is 1. The first-order chi connectivity index (χ1) is 8.58. The maximum Gasteiger partial charge on any atom is 0.132 e. The van der Waals surface area contributed by atoms with Crippen molar-refractivity contribution in [2.45, 2.75) is 6.54 Å². The molecule has 0 atom stereocenters. The molecule has 0 aliphatic carbocycles. The molecule has 2 aromatic rings. The van der Waals surface area contributed by atoms with Gasteiger partial charge in [0.05, 0.1) is 12.2 Å². The predicted octanol–water partition coefficient (Wildman–Crippen LogP) is 1.83. The van der Waals surface area contributed by atoms with Gasteiger partial charge in [-0.2, -0.15) is 5.10 Å². The largest absolute Gasteiger partial charge is 0.384 e. The second kappa shape index (κ2) is 5.18. The lowest BCUT2D eigenvalue weighted by Crippen LogP contribution is -2.19. The van der Waals surface area contributed by atoms with Crippen molar-refractivity contribution in [1.29, 1.82) is 0 Å². The molecule has 96 valence electrons. The monoisotopic (exact) mass is 248 g/mol. The van der Waals surface area contributed by atoms with Gasteiger partial charge in [-0.25, -0.2) is 9.07 Å². The van der Waals surface area contributed by atoms with Gasteiger partial charge in [-0.15, -0.1) is 0 Å². The number of hydrogen-bond acceptors (Lipinski definition) is 3. The number of benzene rings is 1. The van der Waals surface area contributed by atoms with E-state index >= 15 is 0 Å². The molecule has 5 heteroatoms. The van der Waals surface area contributed by atoms with Crippen LogP contribution in [0.4, 0.5) is 10.2 Å². The van der Waals surface area contributed by atoms with E-state index in [1.807, 2.05) is 19.0 Å². The highest BCUT2D eigenvalue weighted by molar-refractivity contribution is 5.62. The molecule has 4 nitrogen and oxygen atoms in total. The van der Waals surface area contributed by atoms with Gasteiger partial charge in [0.2, 0.25) is 0 Å². The minimum atomic E-state index is -0.283. The lowest BCUT2D eigenvalue weighted by molar-refractivity contribution is 0.375. The van der Waals surface area contributed by atoms with Gasteiger partial charge in [-0.1, -0.05) is 12.1 Å². The molecule has 0 fully saturated rings. The summed E-state index contributed by atoms with van der Waals surface area (Å²) in [6.45, 7) is 1.52. The number of likely N-dealkylation sites (N-methyl/N-ethyl adjacent to an activating group) is 1. The van der Waals surface area contributed by atoms with Crippen LogP contribution in [0.2, 0.25) is 0 Å². The van der Waals surface area contributed by atoms with E-state index in [1.165, 1.54) is 6.07 Å². The van der Waals surface area contributed by atoms with Gasteiger partial charge in [-0.05, 0) is 26.2 Å². The van der Waals surface area contributed by atoms with Gasteiger partial charge in [-0.3, -0.25) is 0 Å². The first-order valence-corrected chi connectivity index (χ1v) is 5.81. The molecule has 1 heterocycles. The van der Waals surface area contributed by atoms with E-state index in [2.05, 4.69) is 5.10 Å². The Hall–Kier alpha value is -1.88. The van der Waals surface area contributed by atoms with Gasteiger partial charge in [0, 0.05) is 18.2 Å². The highest BCUT2D eigenvalue weighted by Gasteiger charge is 2.10. The predicted molar refractivity (Wildman–Crippen MR) is 70.6 cm³/mol. The van der Waals surface area contributed by atoms with Gasteiger partial charge >= 0.3 is 0 Å². The third kappa shape index (κ3) is 2.68. The molecular formula is C13H17FN4. The molecule has 0 unspecified atom stereocenters. The van der Waals surface area contributed by atoms with Crippen molar-refractivity contribution in [3.63, 3.8) is 0 Å². The Kier molecular flexibility index (Phi) is 3.62. The number of rotatable bonds is 4. The third-order valence-electron chi connectivity index (χ3n) is 2.72. The summed E-state index contributed by atoms with van der Waals surface area (Å²) in [5, 5.41) is 4.34. The zero-order chi connectivity index (χ0) is 13.1. The van der Waals surface area contributed by atoms with E-state index in [4.69, 9.17) is 5.73 Å². The fourth-order valence-corrected chi connectivity index (χ4v) is 1.71. The van der Waals surface area contributed by atoms with Gasteiger partial charge in [0.1, 0.15) is 11.6 Å². The van der Waals surface area contributed by atoms with Crippen LogP contribution in [0, 0.1) is 5.82 Å². The SMILES string of the molecule is CN(C)CCn1nc(-c2ccccc2F)cc1N. The summed E-state index contributed by atoms with van der Waals surface area (Å²) in [5.41, 5.74) is 6.93. The maximum atomic E-state index is 13.6. The van der Waals surface area contributed by atoms with Crippen molar-refractivity contribution in [3.8, 4) is 11.3 Å². The van der Waals surface area contributed by atoms with Crippen LogP contribution in [0.15, 0.2) is 30.3 Å². The second-order valence-electron chi connectivity index (χ2n) is 4.46. The summed E-state index contributed by atoms with van der Waals surface area (Å²) >= 11 is 0. The third-order valence-corrected chi connectivity index (χ3v) is 2.72. The van der Waals surface area contributed by atoms with E-state index < -0.39 is 0 Å². The van der Waals surface area contributed by atoms with Gasteiger partial charge in [0.15, 0.2) is 0 Å². The summed E-state index contributed by atoms with van der Waals surface area (Å²) in [5.74, 6) is 0.268. The van der Waals surface area contributed by atoms with E-state index in [1.54, 1.807) is 28.9 Å². The summed E-state index contributed by atoms with van der Waals surface area (Å²) in [6.07, 6.45) is 0. The lowest BCUT2D eigenvalue weighted by Gasteiger charge is -2.09. The van der Waals surface area contributed by atoms with Crippen LogP contribution in [0.25, 0.3) is 11.3 Å². The second-order valence-corrected chi connectivity index (χ2v) is 4.46. The highest BCUT2D eigenvalue weighted by atomic mass is 19.1. The quantitative estimate of drug-likeness (QED) is 0.898. The van der Waals surface area contributed by atoms with Crippen molar-refractivity contribution in [2.24, 2.45) is 0 Å². The van der Waals surface area contributed by atoms with E-state index in [9.17, 15) is 4.39 Å². The van der Waals surface area contributed by atoms with E-state index in [0.29, 0.717) is 23.6 Å². The maximum absolute atomic E-state index is 13.6. The normalized spacial score (nSPS) is 11.1. The van der Waals surface area contributed by atoms with Crippen LogP contribution < -0.4 is 5.73 Å². The molecule has 0 amide bonds. The standard InChI is InChI=1S/C13H17FN4/c1-17(2)7-8-18-13(15)9-12(16-18)10-5-3-4-6-11(10)14/h3-6,9H,7-8,15H2,1-2H3. The lowest BCUT2D eigenvalue weighted by atomic mass is 10.1. The summed E-state index contributed by atoms with van der Waals surface area (Å²) < 4.78 is 15.3. The minimum absolute atomic E-state index is 0.283. The first-order valence-electron chi connectivity index (χ1n) is 5.81. The summed E-state index contributed by atoms with van der Waals surface area (Å²) in [6, 6.07) is 8.27. The molecule has 0 aliphatic heterocycles. The molecular weight excluding hydrogens is 231 g/mol. The molecule has 1 aromatic heterocycles. The fourth-order valence-electron chi connectivity index (χ4n) is 1.71. The zero-order valence-corrected chi connectivity index (χ0v) is 10.6. The number of aromatic nitrogens is 2. The fraction of sp³-hybridized carbons (Fsp3) is 0.308. The topological polar surface area (TPSA) is 47.1 Å². The van der Waals surface area contributed by atoms with Gasteiger partial charge < -0.3 is 10.6 Å². The Morgan fingerprint density at radius 2 is 2.06 bits per heavy atom. The van der Waals surface area contributed by atoms with Crippen molar-refractivity contribution < 1.29 is 4.39 Å². The van der Waals surface area contributed by atoms with Crippen LogP contribution in [-0.4, -0.2) is 35.3 Å². The van der Waals surface area contributed by atoms with Crippen molar-refractivity contribution >= 4 is 5.82 Å². The molecule has 2 rings (SSSR count). The first kappa shape index (κ1) is 12.6. The highest BCUT2D eigenvalue weighted by Crippen LogP contribution is 2.22. The average Bonchev–Trinajstić information content (AvgIpc) is 2.68. The molecule has 0 spiro atoms. The molecule has 0 saturated heterocycles. The van der Waals surface area contributed by atoms with Crippen LogP contribution in [0.1, 0.15) is 0 Å². The van der Waals surface area contributed by atoms with Crippen molar-refractivity contribution in [2.75, 3.05) is 26.4 Å². The molecule has 0 aliphatic rings.